The molecule has 8 nitrogen and oxygen atoms in total. The van der Waals surface area contributed by atoms with Crippen LogP contribution in [0.2, 0.25) is 0 Å². The van der Waals surface area contributed by atoms with Crippen molar-refractivity contribution in [2.45, 2.75) is 40.7 Å². The van der Waals surface area contributed by atoms with E-state index in [0.29, 0.717) is 31.9 Å². The van der Waals surface area contributed by atoms with E-state index in [-0.39, 0.29) is 29.5 Å². The van der Waals surface area contributed by atoms with Crippen molar-refractivity contribution in [1.82, 2.24) is 4.90 Å². The number of morpholine rings is 1. The first-order chi connectivity index (χ1) is 14.4. The van der Waals surface area contributed by atoms with Crippen LogP contribution in [0.15, 0.2) is 18.2 Å². The van der Waals surface area contributed by atoms with Crippen LogP contribution in [-0.2, 0) is 19.1 Å². The lowest BCUT2D eigenvalue weighted by atomic mass is 9.94. The lowest BCUT2D eigenvalue weighted by molar-refractivity contribution is -0.133. The number of nitrogens with two attached hydrogens (primary N) is 1. The first-order valence-electron chi connectivity index (χ1n) is 10.4. The van der Waals surface area contributed by atoms with Crippen molar-refractivity contribution in [3.05, 3.63) is 24.0 Å². The van der Waals surface area contributed by atoms with E-state index in [1.165, 1.54) is 17.0 Å². The molecule has 172 valence electrons. The molecular formula is C22H33FN4O4. The summed E-state index contributed by atoms with van der Waals surface area (Å²) in [5.41, 5.74) is 5.69. The number of anilines is 2. The molecular weight excluding hydrogens is 403 g/mol. The van der Waals surface area contributed by atoms with Gasteiger partial charge < -0.3 is 20.7 Å². The van der Waals surface area contributed by atoms with E-state index in [2.05, 4.69) is 5.32 Å². The second-order valence-electron chi connectivity index (χ2n) is 9.44. The van der Waals surface area contributed by atoms with Crippen molar-refractivity contribution < 1.29 is 23.5 Å². The lowest BCUT2D eigenvalue weighted by Gasteiger charge is -2.35. The smallest absolute Gasteiger partial charge is 0.253 e. The fourth-order valence-corrected chi connectivity index (χ4v) is 3.58. The number of carbonyl (C=O) groups is 3. The summed E-state index contributed by atoms with van der Waals surface area (Å²) < 4.78 is 19.8. The van der Waals surface area contributed by atoms with Gasteiger partial charge in [-0.25, -0.2) is 4.39 Å². The Morgan fingerprint density at radius 3 is 2.52 bits per heavy atom. The SMILES string of the molecule is CC(C)CN(CC(C)(C)C)[C@@H](C(N)=O)C(=O)Nc1ccc(N2CCOCC2=O)cc1F. The molecule has 0 bridgehead atoms. The van der Waals surface area contributed by atoms with Gasteiger partial charge in [-0.3, -0.25) is 19.3 Å². The fourth-order valence-electron chi connectivity index (χ4n) is 3.58. The van der Waals surface area contributed by atoms with E-state index in [1.54, 1.807) is 11.0 Å². The largest absolute Gasteiger partial charge is 0.370 e. The predicted molar refractivity (Wildman–Crippen MR) is 117 cm³/mol. The molecule has 31 heavy (non-hydrogen) atoms. The Bertz CT molecular complexity index is 822. The number of rotatable bonds is 8. The standard InChI is InChI=1S/C22H33FN4O4/c1-14(2)11-26(13-22(3,4)5)19(20(24)29)21(30)25-17-7-6-15(10-16(17)23)27-8-9-31-12-18(27)28/h6-7,10,14,19H,8-9,11-13H2,1-5H3,(H2,24,29)(H,25,30)/t19-/m0/s1. The highest BCUT2D eigenvalue weighted by atomic mass is 19.1. The minimum atomic E-state index is -1.23. The second-order valence-corrected chi connectivity index (χ2v) is 9.44. The summed E-state index contributed by atoms with van der Waals surface area (Å²) in [6.07, 6.45) is 0. The highest BCUT2D eigenvalue weighted by molar-refractivity contribution is 6.09. The molecule has 0 aliphatic carbocycles. The van der Waals surface area contributed by atoms with Crippen molar-refractivity contribution in [2.24, 2.45) is 17.1 Å². The van der Waals surface area contributed by atoms with Gasteiger partial charge in [-0.15, -0.1) is 0 Å². The third-order valence-electron chi connectivity index (χ3n) is 4.67. The molecule has 9 heteroatoms. The van der Waals surface area contributed by atoms with Crippen LogP contribution < -0.4 is 16.0 Å². The summed E-state index contributed by atoms with van der Waals surface area (Å²) in [5, 5.41) is 2.49. The molecule has 1 aliphatic heterocycles. The maximum absolute atomic E-state index is 14.7. The molecule has 2 rings (SSSR count). The quantitative estimate of drug-likeness (QED) is 0.607. The van der Waals surface area contributed by atoms with Crippen LogP contribution in [0.4, 0.5) is 15.8 Å². The first-order valence-corrected chi connectivity index (χ1v) is 10.4. The van der Waals surface area contributed by atoms with Crippen molar-refractivity contribution >= 4 is 29.1 Å². The molecule has 1 heterocycles. The van der Waals surface area contributed by atoms with Gasteiger partial charge in [0.25, 0.3) is 11.8 Å². The van der Waals surface area contributed by atoms with Crippen LogP contribution in [0, 0.1) is 17.2 Å². The third-order valence-corrected chi connectivity index (χ3v) is 4.67. The minimum Gasteiger partial charge on any atom is -0.370 e. The molecule has 0 unspecified atom stereocenters. The predicted octanol–water partition coefficient (Wildman–Crippen LogP) is 1.99. The Kier molecular flexibility index (Phi) is 8.14. The van der Waals surface area contributed by atoms with Gasteiger partial charge in [0.2, 0.25) is 5.91 Å². The molecule has 1 fully saturated rings. The maximum atomic E-state index is 14.7. The number of hydrogen-bond acceptors (Lipinski definition) is 5. The molecule has 3 amide bonds. The highest BCUT2D eigenvalue weighted by Gasteiger charge is 2.34. The molecule has 0 aromatic heterocycles. The van der Waals surface area contributed by atoms with E-state index >= 15 is 0 Å². The molecule has 0 saturated carbocycles. The van der Waals surface area contributed by atoms with Gasteiger partial charge in [0.05, 0.1) is 12.3 Å². The fraction of sp³-hybridized carbons (Fsp3) is 0.591. The second kappa shape index (κ2) is 10.2. The zero-order chi connectivity index (χ0) is 23.3. The lowest BCUT2D eigenvalue weighted by Crippen LogP contribution is -2.55. The minimum absolute atomic E-state index is 0.0557. The number of halogens is 1. The molecule has 1 aliphatic rings. The average molecular weight is 437 g/mol. The molecule has 3 N–H and O–H groups in total. The Labute approximate surface area is 182 Å². The summed E-state index contributed by atoms with van der Waals surface area (Å²) in [6, 6.07) is 2.86. The Balaban J connectivity index is 2.23. The van der Waals surface area contributed by atoms with Gasteiger partial charge >= 0.3 is 0 Å². The zero-order valence-corrected chi connectivity index (χ0v) is 18.9. The van der Waals surface area contributed by atoms with Gasteiger partial charge in [0.15, 0.2) is 6.04 Å². The average Bonchev–Trinajstić information content (AvgIpc) is 2.61. The molecule has 1 aromatic carbocycles. The van der Waals surface area contributed by atoms with E-state index < -0.39 is 23.7 Å². The van der Waals surface area contributed by atoms with E-state index in [9.17, 15) is 18.8 Å². The Morgan fingerprint density at radius 1 is 1.32 bits per heavy atom. The van der Waals surface area contributed by atoms with Crippen molar-refractivity contribution in [3.63, 3.8) is 0 Å². The third kappa shape index (κ3) is 7.00. The molecule has 1 saturated heterocycles. The summed E-state index contributed by atoms with van der Waals surface area (Å²) in [7, 11) is 0. The monoisotopic (exact) mass is 436 g/mol. The van der Waals surface area contributed by atoms with Crippen LogP contribution in [0.3, 0.4) is 0 Å². The highest BCUT2D eigenvalue weighted by Crippen LogP contribution is 2.24. The zero-order valence-electron chi connectivity index (χ0n) is 18.9. The van der Waals surface area contributed by atoms with E-state index in [4.69, 9.17) is 10.5 Å². The molecule has 1 atom stereocenters. The molecule has 0 spiro atoms. The number of ether oxygens (including phenoxy) is 1. The van der Waals surface area contributed by atoms with Gasteiger partial charge in [-0.1, -0.05) is 34.6 Å². The van der Waals surface area contributed by atoms with Crippen molar-refractivity contribution in [2.75, 3.05) is 43.1 Å². The van der Waals surface area contributed by atoms with Crippen LogP contribution in [0.1, 0.15) is 34.6 Å². The number of nitrogens with zero attached hydrogens (tertiary/aromatic N) is 2. The van der Waals surface area contributed by atoms with Gasteiger partial charge in [-0.2, -0.15) is 0 Å². The Morgan fingerprint density at radius 2 is 2.00 bits per heavy atom. The topological polar surface area (TPSA) is 105 Å². The van der Waals surface area contributed by atoms with E-state index in [1.807, 2.05) is 34.6 Å². The van der Waals surface area contributed by atoms with Crippen LogP contribution in [0.25, 0.3) is 0 Å². The van der Waals surface area contributed by atoms with E-state index in [0.717, 1.165) is 0 Å². The van der Waals surface area contributed by atoms with Gasteiger partial charge in [-0.05, 0) is 29.5 Å². The van der Waals surface area contributed by atoms with Crippen LogP contribution >= 0.6 is 0 Å². The first kappa shape index (κ1) is 24.7. The number of benzene rings is 1. The number of nitrogens with one attached hydrogen (secondary N) is 1. The number of primary amides is 1. The summed E-state index contributed by atoms with van der Waals surface area (Å²) in [4.78, 5) is 40.3. The van der Waals surface area contributed by atoms with Crippen molar-refractivity contribution in [3.8, 4) is 0 Å². The van der Waals surface area contributed by atoms with Crippen LogP contribution in [0.5, 0.6) is 0 Å². The summed E-state index contributed by atoms with van der Waals surface area (Å²) in [6.45, 7) is 11.6. The number of amides is 3. The summed E-state index contributed by atoms with van der Waals surface area (Å²) >= 11 is 0. The van der Waals surface area contributed by atoms with Gasteiger partial charge in [0.1, 0.15) is 12.4 Å². The van der Waals surface area contributed by atoms with Crippen LogP contribution in [-0.4, -0.2) is 61.5 Å². The van der Waals surface area contributed by atoms with Crippen molar-refractivity contribution in [1.29, 1.82) is 0 Å². The Hall–Kier alpha value is -2.52. The number of hydrogen-bond donors (Lipinski definition) is 2. The summed E-state index contributed by atoms with van der Waals surface area (Å²) in [5.74, 6) is -2.26. The number of carbonyl (C=O) groups excluding carboxylic acids is 3. The molecule has 1 aromatic rings. The maximum Gasteiger partial charge on any atom is 0.253 e. The molecule has 0 radical (unpaired) electrons. The normalized spacial score (nSPS) is 16.0. The van der Waals surface area contributed by atoms with Gasteiger partial charge in [0, 0.05) is 25.3 Å².